The Morgan fingerprint density at radius 3 is 2.54 bits per heavy atom. The van der Waals surface area contributed by atoms with Gasteiger partial charge in [0.05, 0.1) is 24.5 Å². The number of amides is 1. The molecule has 0 spiro atoms. The van der Waals surface area contributed by atoms with E-state index in [-0.39, 0.29) is 5.91 Å². The summed E-state index contributed by atoms with van der Waals surface area (Å²) in [5.41, 5.74) is 4.18. The summed E-state index contributed by atoms with van der Waals surface area (Å²) in [6, 6.07) is 14.1. The number of piperidine rings is 1. The number of nitrogens with zero attached hydrogens (tertiary/aromatic N) is 3. The topological polar surface area (TPSA) is 47.4 Å². The van der Waals surface area contributed by atoms with Crippen molar-refractivity contribution in [2.75, 3.05) is 20.2 Å². The van der Waals surface area contributed by atoms with Crippen molar-refractivity contribution in [3.8, 4) is 5.75 Å². The fraction of sp³-hybridized carbons (Fsp3) is 0.333. The molecule has 1 amide bonds. The predicted molar refractivity (Wildman–Crippen MR) is 102 cm³/mol. The van der Waals surface area contributed by atoms with Crippen LogP contribution in [0.25, 0.3) is 11.0 Å². The molecular formula is C21H23N3O2. The Labute approximate surface area is 153 Å². The van der Waals surface area contributed by atoms with Crippen LogP contribution >= 0.6 is 0 Å². The Balaban J connectivity index is 1.46. The van der Waals surface area contributed by atoms with Crippen LogP contribution in [0.4, 0.5) is 0 Å². The van der Waals surface area contributed by atoms with Crippen LogP contribution in [0.15, 0.2) is 48.8 Å². The Morgan fingerprint density at radius 2 is 1.85 bits per heavy atom. The van der Waals surface area contributed by atoms with Crippen LogP contribution in [-0.2, 0) is 0 Å². The van der Waals surface area contributed by atoms with Gasteiger partial charge in [0.25, 0.3) is 5.91 Å². The van der Waals surface area contributed by atoms with E-state index >= 15 is 0 Å². The van der Waals surface area contributed by atoms with Crippen LogP contribution in [0.5, 0.6) is 5.75 Å². The molecule has 1 aromatic heterocycles. The van der Waals surface area contributed by atoms with Gasteiger partial charge < -0.3 is 14.2 Å². The lowest BCUT2D eigenvalue weighted by Gasteiger charge is -2.33. The van der Waals surface area contributed by atoms with E-state index in [0.29, 0.717) is 11.6 Å². The standard InChI is InChI=1S/C21H23N3O2/c1-15-3-8-19-20(13-15)24(14-22-19)17-9-11-23(12-10-17)21(25)16-4-6-18(26-2)7-5-16/h3-8,13-14,17H,9-12H2,1-2H3. The maximum Gasteiger partial charge on any atom is 0.253 e. The summed E-state index contributed by atoms with van der Waals surface area (Å²) in [6.45, 7) is 3.63. The lowest BCUT2D eigenvalue weighted by molar-refractivity contribution is 0.0696. The number of hydrogen-bond acceptors (Lipinski definition) is 3. The third-order valence-corrected chi connectivity index (χ3v) is 5.21. The normalized spacial score (nSPS) is 15.4. The van der Waals surface area contributed by atoms with Crippen LogP contribution in [-0.4, -0.2) is 40.6 Å². The molecule has 0 bridgehead atoms. The lowest BCUT2D eigenvalue weighted by atomic mass is 10.0. The number of hydrogen-bond donors (Lipinski definition) is 0. The summed E-state index contributed by atoms with van der Waals surface area (Å²) >= 11 is 0. The van der Waals surface area contributed by atoms with Gasteiger partial charge in [0.2, 0.25) is 0 Å². The molecule has 0 radical (unpaired) electrons. The second kappa shape index (κ2) is 6.83. The smallest absolute Gasteiger partial charge is 0.253 e. The minimum Gasteiger partial charge on any atom is -0.497 e. The predicted octanol–water partition coefficient (Wildman–Crippen LogP) is 3.83. The van der Waals surface area contributed by atoms with E-state index in [1.165, 1.54) is 11.1 Å². The number of carbonyl (C=O) groups excluding carboxylic acids is 1. The van der Waals surface area contributed by atoms with E-state index in [1.807, 2.05) is 35.5 Å². The van der Waals surface area contributed by atoms with E-state index in [1.54, 1.807) is 7.11 Å². The number of benzene rings is 2. The van der Waals surface area contributed by atoms with Crippen molar-refractivity contribution in [1.82, 2.24) is 14.5 Å². The average molecular weight is 349 g/mol. The molecule has 5 nitrogen and oxygen atoms in total. The van der Waals surface area contributed by atoms with Crippen molar-refractivity contribution in [1.29, 1.82) is 0 Å². The SMILES string of the molecule is COc1ccc(C(=O)N2CCC(n3cnc4ccc(C)cc43)CC2)cc1. The first-order valence-electron chi connectivity index (χ1n) is 9.02. The Hall–Kier alpha value is -2.82. The molecule has 5 heteroatoms. The van der Waals surface area contributed by atoms with Crippen LogP contribution in [0.3, 0.4) is 0 Å². The minimum atomic E-state index is 0.0948. The summed E-state index contributed by atoms with van der Waals surface area (Å²) < 4.78 is 7.44. The maximum absolute atomic E-state index is 12.7. The largest absolute Gasteiger partial charge is 0.497 e. The van der Waals surface area contributed by atoms with Gasteiger partial charge in [-0.25, -0.2) is 4.98 Å². The third kappa shape index (κ3) is 3.05. The van der Waals surface area contributed by atoms with Crippen molar-refractivity contribution in [3.05, 3.63) is 59.9 Å². The molecule has 3 aromatic rings. The molecule has 1 aliphatic rings. The van der Waals surface area contributed by atoms with Gasteiger partial charge in [0.1, 0.15) is 5.75 Å². The average Bonchev–Trinajstić information content (AvgIpc) is 3.10. The Bertz CT molecular complexity index is 922. The van der Waals surface area contributed by atoms with Gasteiger partial charge in [-0.3, -0.25) is 4.79 Å². The van der Waals surface area contributed by atoms with Crippen LogP contribution in [0.2, 0.25) is 0 Å². The summed E-state index contributed by atoms with van der Waals surface area (Å²) in [7, 11) is 1.63. The molecule has 4 rings (SSSR count). The van der Waals surface area contributed by atoms with E-state index in [4.69, 9.17) is 4.74 Å². The summed E-state index contributed by atoms with van der Waals surface area (Å²) in [5, 5.41) is 0. The summed E-state index contributed by atoms with van der Waals surface area (Å²) in [4.78, 5) is 19.2. The third-order valence-electron chi connectivity index (χ3n) is 5.21. The van der Waals surface area contributed by atoms with E-state index < -0.39 is 0 Å². The van der Waals surface area contributed by atoms with Gasteiger partial charge in [-0.15, -0.1) is 0 Å². The van der Waals surface area contributed by atoms with E-state index in [9.17, 15) is 4.79 Å². The highest BCUT2D eigenvalue weighted by Gasteiger charge is 2.25. The molecule has 0 atom stereocenters. The molecule has 2 aromatic carbocycles. The fourth-order valence-electron chi connectivity index (χ4n) is 3.69. The molecule has 0 N–H and O–H groups in total. The second-order valence-electron chi connectivity index (χ2n) is 6.90. The molecule has 1 saturated heterocycles. The molecule has 0 saturated carbocycles. The second-order valence-corrected chi connectivity index (χ2v) is 6.90. The first-order valence-corrected chi connectivity index (χ1v) is 9.02. The zero-order valence-corrected chi connectivity index (χ0v) is 15.2. The molecule has 134 valence electrons. The number of rotatable bonds is 3. The highest BCUT2D eigenvalue weighted by atomic mass is 16.5. The first-order chi connectivity index (χ1) is 12.7. The highest BCUT2D eigenvalue weighted by Crippen LogP contribution is 2.28. The van der Waals surface area contributed by atoms with E-state index in [0.717, 1.165) is 37.2 Å². The van der Waals surface area contributed by atoms with Crippen molar-refractivity contribution >= 4 is 16.9 Å². The monoisotopic (exact) mass is 349 g/mol. The highest BCUT2D eigenvalue weighted by molar-refractivity contribution is 5.94. The lowest BCUT2D eigenvalue weighted by Crippen LogP contribution is -2.39. The zero-order chi connectivity index (χ0) is 18.1. The van der Waals surface area contributed by atoms with Crippen LogP contribution in [0, 0.1) is 6.92 Å². The van der Waals surface area contributed by atoms with Crippen molar-refractivity contribution in [2.24, 2.45) is 0 Å². The number of aromatic nitrogens is 2. The van der Waals surface area contributed by atoms with Gasteiger partial charge in [-0.05, 0) is 61.7 Å². The van der Waals surface area contributed by atoms with Gasteiger partial charge in [-0.2, -0.15) is 0 Å². The number of imidazole rings is 1. The van der Waals surface area contributed by atoms with Gasteiger partial charge in [0, 0.05) is 24.7 Å². The van der Waals surface area contributed by atoms with Crippen molar-refractivity contribution in [3.63, 3.8) is 0 Å². The van der Waals surface area contributed by atoms with E-state index in [2.05, 4.69) is 34.7 Å². The molecule has 0 aliphatic carbocycles. The molecule has 26 heavy (non-hydrogen) atoms. The quantitative estimate of drug-likeness (QED) is 0.722. The zero-order valence-electron chi connectivity index (χ0n) is 15.2. The first kappa shape index (κ1) is 16.6. The number of fused-ring (bicyclic) bond motifs is 1. The number of aryl methyl sites for hydroxylation is 1. The fourth-order valence-corrected chi connectivity index (χ4v) is 3.69. The van der Waals surface area contributed by atoms with Gasteiger partial charge >= 0.3 is 0 Å². The molecular weight excluding hydrogens is 326 g/mol. The number of ether oxygens (including phenoxy) is 1. The van der Waals surface area contributed by atoms with Crippen molar-refractivity contribution < 1.29 is 9.53 Å². The molecule has 2 heterocycles. The Kier molecular flexibility index (Phi) is 4.37. The number of methoxy groups -OCH3 is 1. The minimum absolute atomic E-state index is 0.0948. The molecule has 1 fully saturated rings. The number of carbonyl (C=O) groups is 1. The van der Waals surface area contributed by atoms with Crippen LogP contribution < -0.4 is 4.74 Å². The number of likely N-dealkylation sites (tertiary alicyclic amines) is 1. The maximum atomic E-state index is 12.7. The molecule has 0 unspecified atom stereocenters. The van der Waals surface area contributed by atoms with Crippen molar-refractivity contribution in [2.45, 2.75) is 25.8 Å². The van der Waals surface area contributed by atoms with Gasteiger partial charge in [-0.1, -0.05) is 6.07 Å². The summed E-state index contributed by atoms with van der Waals surface area (Å²) in [6.07, 6.45) is 3.83. The summed E-state index contributed by atoms with van der Waals surface area (Å²) in [5.74, 6) is 0.861. The molecule has 1 aliphatic heterocycles. The Morgan fingerprint density at radius 1 is 1.12 bits per heavy atom. The van der Waals surface area contributed by atoms with Gasteiger partial charge in [0.15, 0.2) is 0 Å². The van der Waals surface area contributed by atoms with Crippen LogP contribution in [0.1, 0.15) is 34.8 Å².